The molecule has 0 aliphatic carbocycles. The van der Waals surface area contributed by atoms with E-state index >= 15 is 0 Å². The Morgan fingerprint density at radius 2 is 2.16 bits per heavy atom. The van der Waals surface area contributed by atoms with Gasteiger partial charge >= 0.3 is 0 Å². The summed E-state index contributed by atoms with van der Waals surface area (Å²) in [5.41, 5.74) is 1.89. The highest BCUT2D eigenvalue weighted by molar-refractivity contribution is 5.98. The third kappa shape index (κ3) is 3.44. The molecule has 1 N–H and O–H groups in total. The first-order chi connectivity index (χ1) is 9.08. The Morgan fingerprint density at radius 3 is 2.84 bits per heavy atom. The maximum absolute atomic E-state index is 12.0. The number of Topliss-reactive ketones (excluding diaryl/α,β-unsaturated/α-hetero) is 1. The van der Waals surface area contributed by atoms with Crippen LogP contribution in [0.5, 0.6) is 0 Å². The molecule has 0 fully saturated rings. The fraction of sp³-hybridized carbons (Fsp3) is 0.438. The first kappa shape index (κ1) is 13.8. The standard InChI is InChI=1S/C16H21NO2/c1-11(2)17-9-5-8-14(18)15-10-13-7-4-6-12(3)16(13)19-15/h4,6-7,10-11,17H,5,8-9H2,1-3H3. The number of carbonyl (C=O) groups excluding carboxylic acids is 1. The summed E-state index contributed by atoms with van der Waals surface area (Å²) in [6, 6.07) is 8.26. The molecule has 102 valence electrons. The minimum Gasteiger partial charge on any atom is -0.453 e. The molecule has 0 unspecified atom stereocenters. The average Bonchev–Trinajstić information content (AvgIpc) is 2.79. The minimum absolute atomic E-state index is 0.0844. The van der Waals surface area contributed by atoms with Gasteiger partial charge in [-0.3, -0.25) is 4.79 Å². The van der Waals surface area contributed by atoms with Crippen LogP contribution in [0, 0.1) is 6.92 Å². The van der Waals surface area contributed by atoms with Crippen molar-refractivity contribution in [3.05, 3.63) is 35.6 Å². The molecule has 1 heterocycles. The number of hydrogen-bond donors (Lipinski definition) is 1. The van der Waals surface area contributed by atoms with E-state index in [-0.39, 0.29) is 5.78 Å². The summed E-state index contributed by atoms with van der Waals surface area (Å²) < 4.78 is 5.67. The van der Waals surface area contributed by atoms with Crippen molar-refractivity contribution >= 4 is 16.8 Å². The van der Waals surface area contributed by atoms with Crippen LogP contribution in [0.1, 0.15) is 42.8 Å². The molecule has 2 rings (SSSR count). The van der Waals surface area contributed by atoms with E-state index in [9.17, 15) is 4.79 Å². The highest BCUT2D eigenvalue weighted by Gasteiger charge is 2.12. The van der Waals surface area contributed by atoms with Gasteiger partial charge < -0.3 is 9.73 Å². The fourth-order valence-corrected chi connectivity index (χ4v) is 2.11. The molecule has 3 heteroatoms. The number of aryl methyl sites for hydroxylation is 1. The Bertz CT molecular complexity index is 569. The van der Waals surface area contributed by atoms with Crippen molar-refractivity contribution in [2.45, 2.75) is 39.7 Å². The topological polar surface area (TPSA) is 42.2 Å². The van der Waals surface area contributed by atoms with Gasteiger partial charge in [-0.25, -0.2) is 0 Å². The van der Waals surface area contributed by atoms with Crippen LogP contribution in [0.4, 0.5) is 0 Å². The normalized spacial score (nSPS) is 11.4. The number of nitrogens with one attached hydrogen (secondary N) is 1. The van der Waals surface area contributed by atoms with E-state index in [4.69, 9.17) is 4.42 Å². The number of ketones is 1. The lowest BCUT2D eigenvalue weighted by Crippen LogP contribution is -2.24. The van der Waals surface area contributed by atoms with Gasteiger partial charge in [-0.2, -0.15) is 0 Å². The molecular formula is C16H21NO2. The van der Waals surface area contributed by atoms with Crippen LogP contribution in [0.3, 0.4) is 0 Å². The minimum atomic E-state index is 0.0844. The highest BCUT2D eigenvalue weighted by atomic mass is 16.3. The Kier molecular flexibility index (Phi) is 4.38. The second-order valence-electron chi connectivity index (χ2n) is 5.24. The summed E-state index contributed by atoms with van der Waals surface area (Å²) in [6.45, 7) is 7.06. The Balaban J connectivity index is 2.00. The summed E-state index contributed by atoms with van der Waals surface area (Å²) in [4.78, 5) is 12.0. The van der Waals surface area contributed by atoms with E-state index in [0.29, 0.717) is 18.2 Å². The van der Waals surface area contributed by atoms with E-state index in [2.05, 4.69) is 19.2 Å². The van der Waals surface area contributed by atoms with Crippen LogP contribution in [0.2, 0.25) is 0 Å². The van der Waals surface area contributed by atoms with Gasteiger partial charge in [-0.15, -0.1) is 0 Å². The van der Waals surface area contributed by atoms with Gasteiger partial charge in [-0.05, 0) is 31.5 Å². The predicted molar refractivity (Wildman–Crippen MR) is 77.7 cm³/mol. The van der Waals surface area contributed by atoms with E-state index in [0.717, 1.165) is 29.5 Å². The van der Waals surface area contributed by atoms with Crippen molar-refractivity contribution in [2.75, 3.05) is 6.54 Å². The maximum atomic E-state index is 12.0. The van der Waals surface area contributed by atoms with Crippen molar-refractivity contribution < 1.29 is 9.21 Å². The number of hydrogen-bond acceptors (Lipinski definition) is 3. The van der Waals surface area contributed by atoms with Crippen molar-refractivity contribution in [1.82, 2.24) is 5.32 Å². The fourth-order valence-electron chi connectivity index (χ4n) is 2.11. The number of rotatable bonds is 6. The third-order valence-corrected chi connectivity index (χ3v) is 3.15. The molecule has 0 atom stereocenters. The lowest BCUT2D eigenvalue weighted by Gasteiger charge is -2.06. The summed E-state index contributed by atoms with van der Waals surface area (Å²) in [7, 11) is 0. The zero-order valence-electron chi connectivity index (χ0n) is 11.8. The van der Waals surface area contributed by atoms with Gasteiger partial charge in [0, 0.05) is 17.8 Å². The number of furan rings is 1. The van der Waals surface area contributed by atoms with Gasteiger partial charge in [0.05, 0.1) is 0 Å². The molecule has 0 aliphatic heterocycles. The van der Waals surface area contributed by atoms with Crippen LogP contribution >= 0.6 is 0 Å². The van der Waals surface area contributed by atoms with Crippen LogP contribution < -0.4 is 5.32 Å². The summed E-state index contributed by atoms with van der Waals surface area (Å²) in [5, 5.41) is 4.31. The smallest absolute Gasteiger partial charge is 0.198 e. The van der Waals surface area contributed by atoms with E-state index in [1.165, 1.54) is 0 Å². The van der Waals surface area contributed by atoms with E-state index < -0.39 is 0 Å². The second-order valence-corrected chi connectivity index (χ2v) is 5.24. The Labute approximate surface area is 114 Å². The van der Waals surface area contributed by atoms with Gasteiger partial charge in [-0.1, -0.05) is 32.0 Å². The zero-order valence-corrected chi connectivity index (χ0v) is 11.8. The molecule has 3 nitrogen and oxygen atoms in total. The highest BCUT2D eigenvalue weighted by Crippen LogP contribution is 2.23. The van der Waals surface area contributed by atoms with Crippen molar-refractivity contribution in [1.29, 1.82) is 0 Å². The SMILES string of the molecule is Cc1cccc2cc(C(=O)CCCNC(C)C)oc12. The van der Waals surface area contributed by atoms with Crippen molar-refractivity contribution in [3.63, 3.8) is 0 Å². The quantitative estimate of drug-likeness (QED) is 0.635. The van der Waals surface area contributed by atoms with Crippen LogP contribution in [0.15, 0.2) is 28.7 Å². The molecule has 1 aromatic carbocycles. The molecule has 0 spiro atoms. The molecule has 0 aliphatic rings. The molecule has 0 radical (unpaired) electrons. The molecule has 19 heavy (non-hydrogen) atoms. The maximum Gasteiger partial charge on any atom is 0.198 e. The van der Waals surface area contributed by atoms with Crippen LogP contribution in [-0.4, -0.2) is 18.4 Å². The van der Waals surface area contributed by atoms with Crippen LogP contribution in [0.25, 0.3) is 11.0 Å². The number of carbonyl (C=O) groups is 1. The van der Waals surface area contributed by atoms with Gasteiger partial charge in [0.2, 0.25) is 0 Å². The Hall–Kier alpha value is -1.61. The molecule has 0 saturated heterocycles. The first-order valence-corrected chi connectivity index (χ1v) is 6.83. The monoisotopic (exact) mass is 259 g/mol. The van der Waals surface area contributed by atoms with Crippen molar-refractivity contribution in [3.8, 4) is 0 Å². The molecular weight excluding hydrogens is 238 g/mol. The lowest BCUT2D eigenvalue weighted by molar-refractivity contribution is 0.0955. The molecule has 0 amide bonds. The van der Waals surface area contributed by atoms with E-state index in [1.807, 2.05) is 31.2 Å². The van der Waals surface area contributed by atoms with Gasteiger partial charge in [0.15, 0.2) is 11.5 Å². The third-order valence-electron chi connectivity index (χ3n) is 3.15. The van der Waals surface area contributed by atoms with Crippen LogP contribution in [-0.2, 0) is 0 Å². The van der Waals surface area contributed by atoms with Gasteiger partial charge in [0.25, 0.3) is 0 Å². The van der Waals surface area contributed by atoms with E-state index in [1.54, 1.807) is 0 Å². The molecule has 0 bridgehead atoms. The average molecular weight is 259 g/mol. The summed E-state index contributed by atoms with van der Waals surface area (Å²) >= 11 is 0. The summed E-state index contributed by atoms with van der Waals surface area (Å²) in [6.07, 6.45) is 1.37. The summed E-state index contributed by atoms with van der Waals surface area (Å²) in [5.74, 6) is 0.565. The number of para-hydroxylation sites is 1. The zero-order chi connectivity index (χ0) is 13.8. The number of benzene rings is 1. The molecule has 2 aromatic rings. The second kappa shape index (κ2) is 6.02. The molecule has 1 aromatic heterocycles. The predicted octanol–water partition coefficient (Wildman–Crippen LogP) is 3.70. The van der Waals surface area contributed by atoms with Gasteiger partial charge in [0.1, 0.15) is 5.58 Å². The first-order valence-electron chi connectivity index (χ1n) is 6.83. The molecule has 0 saturated carbocycles. The largest absolute Gasteiger partial charge is 0.453 e. The lowest BCUT2D eigenvalue weighted by atomic mass is 10.1. The van der Waals surface area contributed by atoms with Crippen molar-refractivity contribution in [2.24, 2.45) is 0 Å². The Morgan fingerprint density at radius 1 is 1.37 bits per heavy atom. The number of fused-ring (bicyclic) bond motifs is 1.